The molecule has 0 saturated carbocycles. The summed E-state index contributed by atoms with van der Waals surface area (Å²) in [4.78, 5) is 21.3. The summed E-state index contributed by atoms with van der Waals surface area (Å²) in [5.41, 5.74) is 7.22. The van der Waals surface area contributed by atoms with Crippen LogP contribution in [0.4, 0.5) is 0 Å². The van der Waals surface area contributed by atoms with Crippen molar-refractivity contribution < 1.29 is 0 Å². The van der Waals surface area contributed by atoms with E-state index in [9.17, 15) is 4.79 Å². The lowest BCUT2D eigenvalue weighted by Crippen LogP contribution is -2.26. The average Bonchev–Trinajstić information content (AvgIpc) is 2.49. The van der Waals surface area contributed by atoms with Crippen molar-refractivity contribution in [1.29, 1.82) is 0 Å². The van der Waals surface area contributed by atoms with Gasteiger partial charge in [0.15, 0.2) is 5.52 Å². The molecule has 3 rings (SSSR count). The molecule has 5 heteroatoms. The van der Waals surface area contributed by atoms with Gasteiger partial charge in [-0.1, -0.05) is 18.2 Å². The van der Waals surface area contributed by atoms with Gasteiger partial charge in [0, 0.05) is 12.6 Å². The first-order valence-electron chi connectivity index (χ1n) is 6.43. The Morgan fingerprint density at radius 3 is 2.65 bits per heavy atom. The monoisotopic (exact) mass is 266 g/mol. The summed E-state index contributed by atoms with van der Waals surface area (Å²) in [6.07, 6.45) is 2.14. The summed E-state index contributed by atoms with van der Waals surface area (Å²) in [7, 11) is 0. The second kappa shape index (κ2) is 5.22. The van der Waals surface area contributed by atoms with Gasteiger partial charge in [0.25, 0.3) is 5.56 Å². The molecule has 0 aliphatic rings. The number of nitrogens with zero attached hydrogens (tertiary/aromatic N) is 3. The van der Waals surface area contributed by atoms with E-state index in [1.165, 1.54) is 0 Å². The second-order valence-corrected chi connectivity index (χ2v) is 4.41. The van der Waals surface area contributed by atoms with Crippen molar-refractivity contribution in [3.05, 3.63) is 64.8 Å². The van der Waals surface area contributed by atoms with Gasteiger partial charge in [0.05, 0.1) is 11.2 Å². The van der Waals surface area contributed by atoms with E-state index in [1.807, 2.05) is 30.3 Å². The van der Waals surface area contributed by atoms with Gasteiger partial charge in [-0.15, -0.1) is 0 Å². The van der Waals surface area contributed by atoms with Crippen LogP contribution in [0.2, 0.25) is 0 Å². The first kappa shape index (κ1) is 12.5. The maximum atomic E-state index is 12.6. The number of nitrogens with two attached hydrogens (primary N) is 1. The largest absolute Gasteiger partial charge is 0.330 e. The van der Waals surface area contributed by atoms with E-state index in [4.69, 9.17) is 5.73 Å². The lowest BCUT2D eigenvalue weighted by molar-refractivity contribution is 0.794. The van der Waals surface area contributed by atoms with E-state index in [2.05, 4.69) is 9.97 Å². The van der Waals surface area contributed by atoms with Crippen LogP contribution in [0.3, 0.4) is 0 Å². The summed E-state index contributed by atoms with van der Waals surface area (Å²) < 4.78 is 1.59. The summed E-state index contributed by atoms with van der Waals surface area (Å²) >= 11 is 0. The SMILES string of the molecule is NCCc1nc2cccnc2c(=O)n1-c1ccccc1. The third-order valence-corrected chi connectivity index (χ3v) is 3.08. The molecule has 3 aromatic rings. The molecule has 0 aliphatic heterocycles. The molecule has 0 unspecified atom stereocenters. The average molecular weight is 266 g/mol. The highest BCUT2D eigenvalue weighted by Gasteiger charge is 2.12. The van der Waals surface area contributed by atoms with Crippen molar-refractivity contribution in [2.75, 3.05) is 6.54 Å². The highest BCUT2D eigenvalue weighted by atomic mass is 16.1. The molecule has 5 nitrogen and oxygen atoms in total. The molecule has 0 fully saturated rings. The van der Waals surface area contributed by atoms with Gasteiger partial charge >= 0.3 is 0 Å². The van der Waals surface area contributed by atoms with Gasteiger partial charge in [-0.2, -0.15) is 0 Å². The Morgan fingerprint density at radius 2 is 1.90 bits per heavy atom. The molecule has 1 aromatic carbocycles. The molecule has 100 valence electrons. The molecular formula is C15H14N4O. The fraction of sp³-hybridized carbons (Fsp3) is 0.133. The third-order valence-electron chi connectivity index (χ3n) is 3.08. The highest BCUT2D eigenvalue weighted by molar-refractivity contribution is 5.73. The molecule has 0 saturated heterocycles. The fourth-order valence-electron chi connectivity index (χ4n) is 2.20. The van der Waals surface area contributed by atoms with Gasteiger partial charge in [-0.3, -0.25) is 9.36 Å². The summed E-state index contributed by atoms with van der Waals surface area (Å²) in [5, 5.41) is 0. The minimum atomic E-state index is -0.162. The zero-order chi connectivity index (χ0) is 13.9. The lowest BCUT2D eigenvalue weighted by atomic mass is 10.2. The van der Waals surface area contributed by atoms with E-state index in [0.717, 1.165) is 5.69 Å². The van der Waals surface area contributed by atoms with E-state index >= 15 is 0 Å². The van der Waals surface area contributed by atoms with Crippen LogP contribution < -0.4 is 11.3 Å². The summed E-state index contributed by atoms with van der Waals surface area (Å²) in [5.74, 6) is 0.657. The Balaban J connectivity index is 2.36. The van der Waals surface area contributed by atoms with Crippen LogP contribution in [0.15, 0.2) is 53.5 Å². The van der Waals surface area contributed by atoms with Gasteiger partial charge in [0.2, 0.25) is 0 Å². The first-order valence-corrected chi connectivity index (χ1v) is 6.43. The van der Waals surface area contributed by atoms with Crippen LogP contribution in [0, 0.1) is 0 Å². The molecule has 2 heterocycles. The Hall–Kier alpha value is -2.53. The van der Waals surface area contributed by atoms with Crippen molar-refractivity contribution in [1.82, 2.24) is 14.5 Å². The third kappa shape index (κ3) is 2.08. The van der Waals surface area contributed by atoms with E-state index in [-0.39, 0.29) is 5.56 Å². The number of benzene rings is 1. The number of rotatable bonds is 3. The number of hydrogen-bond acceptors (Lipinski definition) is 4. The van der Waals surface area contributed by atoms with Crippen molar-refractivity contribution >= 4 is 11.0 Å². The van der Waals surface area contributed by atoms with Crippen molar-refractivity contribution in [2.24, 2.45) is 5.73 Å². The lowest BCUT2D eigenvalue weighted by Gasteiger charge is -2.12. The smallest absolute Gasteiger partial charge is 0.284 e. The van der Waals surface area contributed by atoms with Gasteiger partial charge in [0.1, 0.15) is 5.82 Å². The number of fused-ring (bicyclic) bond motifs is 1. The maximum absolute atomic E-state index is 12.6. The molecule has 0 atom stereocenters. The van der Waals surface area contributed by atoms with Crippen molar-refractivity contribution in [3.63, 3.8) is 0 Å². The summed E-state index contributed by atoms with van der Waals surface area (Å²) in [6.45, 7) is 0.436. The number of aromatic nitrogens is 3. The zero-order valence-corrected chi connectivity index (χ0v) is 10.9. The standard InChI is InChI=1S/C15H14N4O/c16-9-8-13-18-12-7-4-10-17-14(12)15(20)19(13)11-5-2-1-3-6-11/h1-7,10H,8-9,16H2. The number of hydrogen-bond donors (Lipinski definition) is 1. The first-order chi connectivity index (χ1) is 9.81. The molecule has 20 heavy (non-hydrogen) atoms. The van der Waals surface area contributed by atoms with Crippen LogP contribution in [0.5, 0.6) is 0 Å². The van der Waals surface area contributed by atoms with Crippen LogP contribution in [-0.2, 0) is 6.42 Å². The van der Waals surface area contributed by atoms with E-state index in [0.29, 0.717) is 29.8 Å². The number of pyridine rings is 1. The topological polar surface area (TPSA) is 73.8 Å². The molecule has 0 aliphatic carbocycles. The Morgan fingerprint density at radius 1 is 1.10 bits per heavy atom. The van der Waals surface area contributed by atoms with Crippen LogP contribution in [0.25, 0.3) is 16.7 Å². The molecule has 0 spiro atoms. The van der Waals surface area contributed by atoms with Crippen molar-refractivity contribution in [2.45, 2.75) is 6.42 Å². The molecule has 0 amide bonds. The number of para-hydroxylation sites is 1. The molecule has 2 aromatic heterocycles. The van der Waals surface area contributed by atoms with E-state index < -0.39 is 0 Å². The fourth-order valence-corrected chi connectivity index (χ4v) is 2.20. The van der Waals surface area contributed by atoms with Crippen molar-refractivity contribution in [3.8, 4) is 5.69 Å². The Labute approximate surface area is 115 Å². The predicted molar refractivity (Wildman–Crippen MR) is 77.9 cm³/mol. The quantitative estimate of drug-likeness (QED) is 0.775. The van der Waals surface area contributed by atoms with Gasteiger partial charge in [-0.05, 0) is 30.8 Å². The zero-order valence-electron chi connectivity index (χ0n) is 10.9. The Bertz CT molecular complexity index is 796. The predicted octanol–water partition coefficient (Wildman–Crippen LogP) is 1.28. The second-order valence-electron chi connectivity index (χ2n) is 4.41. The van der Waals surface area contributed by atoms with Crippen LogP contribution >= 0.6 is 0 Å². The molecule has 2 N–H and O–H groups in total. The van der Waals surface area contributed by atoms with Crippen LogP contribution in [-0.4, -0.2) is 21.1 Å². The minimum absolute atomic E-state index is 0.162. The molecular weight excluding hydrogens is 252 g/mol. The normalized spacial score (nSPS) is 10.8. The Kier molecular flexibility index (Phi) is 3.26. The summed E-state index contributed by atoms with van der Waals surface area (Å²) in [6, 6.07) is 13.0. The van der Waals surface area contributed by atoms with Gasteiger partial charge < -0.3 is 5.73 Å². The minimum Gasteiger partial charge on any atom is -0.330 e. The molecule has 0 bridgehead atoms. The molecule has 0 radical (unpaired) electrons. The highest BCUT2D eigenvalue weighted by Crippen LogP contribution is 2.11. The van der Waals surface area contributed by atoms with Crippen LogP contribution in [0.1, 0.15) is 5.82 Å². The maximum Gasteiger partial charge on any atom is 0.284 e. The van der Waals surface area contributed by atoms with E-state index in [1.54, 1.807) is 22.9 Å². The van der Waals surface area contributed by atoms with Gasteiger partial charge in [-0.25, -0.2) is 9.97 Å².